The lowest BCUT2D eigenvalue weighted by Gasteiger charge is -2.16. The molecule has 2 aromatic heterocycles. The first-order valence-corrected chi connectivity index (χ1v) is 5.96. The molecular weight excluding hydrogens is 228 g/mol. The van der Waals surface area contributed by atoms with E-state index in [9.17, 15) is 0 Å². The molecule has 1 atom stereocenters. The first-order valence-electron chi connectivity index (χ1n) is 5.96. The summed E-state index contributed by atoms with van der Waals surface area (Å²) in [5.74, 6) is 0.850. The van der Waals surface area contributed by atoms with Crippen LogP contribution in [0.5, 0.6) is 0 Å². The molecule has 0 radical (unpaired) electrons. The standard InChI is InChI=1S/C13H18N4O/c1-11(10-18-2)17-7-6-15-13(17)16-9-12-4-3-5-14-8-12/h3-8,11H,9-10H2,1-2H3,(H,15,16). The zero-order valence-electron chi connectivity index (χ0n) is 10.7. The van der Waals surface area contributed by atoms with Gasteiger partial charge in [0, 0.05) is 38.4 Å². The van der Waals surface area contributed by atoms with Gasteiger partial charge < -0.3 is 14.6 Å². The van der Waals surface area contributed by atoms with Gasteiger partial charge in [0.15, 0.2) is 0 Å². The summed E-state index contributed by atoms with van der Waals surface area (Å²) in [6.07, 6.45) is 7.36. The highest BCUT2D eigenvalue weighted by Crippen LogP contribution is 2.14. The van der Waals surface area contributed by atoms with Crippen LogP contribution in [-0.4, -0.2) is 28.3 Å². The van der Waals surface area contributed by atoms with E-state index in [1.165, 1.54) is 0 Å². The van der Waals surface area contributed by atoms with Gasteiger partial charge in [-0.15, -0.1) is 0 Å². The molecule has 2 aromatic rings. The number of nitrogens with zero attached hydrogens (tertiary/aromatic N) is 3. The highest BCUT2D eigenvalue weighted by atomic mass is 16.5. The van der Waals surface area contributed by atoms with E-state index < -0.39 is 0 Å². The van der Waals surface area contributed by atoms with Crippen molar-refractivity contribution in [3.63, 3.8) is 0 Å². The average Bonchev–Trinajstić information content (AvgIpc) is 2.86. The normalized spacial score (nSPS) is 12.3. The van der Waals surface area contributed by atoms with Crippen molar-refractivity contribution in [2.45, 2.75) is 19.5 Å². The SMILES string of the molecule is COCC(C)n1ccnc1NCc1cccnc1. The van der Waals surface area contributed by atoms with Gasteiger partial charge in [-0.2, -0.15) is 0 Å². The minimum atomic E-state index is 0.258. The Labute approximate surface area is 107 Å². The number of pyridine rings is 1. The smallest absolute Gasteiger partial charge is 0.203 e. The van der Waals surface area contributed by atoms with Gasteiger partial charge in [-0.05, 0) is 18.6 Å². The van der Waals surface area contributed by atoms with Crippen molar-refractivity contribution >= 4 is 5.95 Å². The van der Waals surface area contributed by atoms with Gasteiger partial charge in [-0.1, -0.05) is 6.07 Å². The fourth-order valence-corrected chi connectivity index (χ4v) is 1.81. The van der Waals surface area contributed by atoms with E-state index in [1.54, 1.807) is 19.5 Å². The van der Waals surface area contributed by atoms with E-state index in [0.29, 0.717) is 13.2 Å². The number of anilines is 1. The lowest BCUT2D eigenvalue weighted by atomic mass is 10.3. The van der Waals surface area contributed by atoms with Gasteiger partial charge in [0.05, 0.1) is 12.6 Å². The van der Waals surface area contributed by atoms with Gasteiger partial charge in [-0.3, -0.25) is 4.98 Å². The fraction of sp³-hybridized carbons (Fsp3) is 0.385. The van der Waals surface area contributed by atoms with Crippen LogP contribution >= 0.6 is 0 Å². The van der Waals surface area contributed by atoms with Gasteiger partial charge in [0.25, 0.3) is 0 Å². The zero-order valence-corrected chi connectivity index (χ0v) is 10.7. The third kappa shape index (κ3) is 3.07. The van der Waals surface area contributed by atoms with Crippen LogP contribution < -0.4 is 5.32 Å². The van der Waals surface area contributed by atoms with Crippen LogP contribution in [0, 0.1) is 0 Å². The molecule has 0 aromatic carbocycles. The van der Waals surface area contributed by atoms with Crippen LogP contribution in [0.15, 0.2) is 36.9 Å². The molecule has 1 N–H and O–H groups in total. The number of methoxy groups -OCH3 is 1. The first kappa shape index (κ1) is 12.6. The second-order valence-corrected chi connectivity index (χ2v) is 4.18. The maximum atomic E-state index is 5.16. The van der Waals surface area contributed by atoms with Gasteiger partial charge in [0.2, 0.25) is 5.95 Å². The Balaban J connectivity index is 2.00. The Bertz CT molecular complexity index is 469. The third-order valence-electron chi connectivity index (χ3n) is 2.72. The molecular formula is C13H18N4O. The van der Waals surface area contributed by atoms with Crippen molar-refractivity contribution in [2.75, 3.05) is 19.0 Å². The van der Waals surface area contributed by atoms with Crippen LogP contribution in [0.1, 0.15) is 18.5 Å². The number of aromatic nitrogens is 3. The van der Waals surface area contributed by atoms with Crippen molar-refractivity contribution in [3.05, 3.63) is 42.5 Å². The van der Waals surface area contributed by atoms with E-state index in [0.717, 1.165) is 11.5 Å². The average molecular weight is 246 g/mol. The van der Waals surface area contributed by atoms with Crippen LogP contribution in [0.4, 0.5) is 5.95 Å². The topological polar surface area (TPSA) is 52.0 Å². The van der Waals surface area contributed by atoms with Gasteiger partial charge >= 0.3 is 0 Å². The van der Waals surface area contributed by atoms with Crippen molar-refractivity contribution in [1.82, 2.24) is 14.5 Å². The largest absolute Gasteiger partial charge is 0.383 e. The summed E-state index contributed by atoms with van der Waals surface area (Å²) >= 11 is 0. The second-order valence-electron chi connectivity index (χ2n) is 4.18. The Morgan fingerprint density at radius 2 is 2.33 bits per heavy atom. The molecule has 18 heavy (non-hydrogen) atoms. The molecule has 0 aliphatic rings. The Morgan fingerprint density at radius 3 is 3.06 bits per heavy atom. The van der Waals surface area contributed by atoms with Gasteiger partial charge in [-0.25, -0.2) is 4.98 Å². The van der Waals surface area contributed by atoms with E-state index >= 15 is 0 Å². The molecule has 5 nitrogen and oxygen atoms in total. The number of hydrogen-bond donors (Lipinski definition) is 1. The lowest BCUT2D eigenvalue weighted by Crippen LogP contribution is -2.14. The Hall–Kier alpha value is -1.88. The molecule has 0 amide bonds. The predicted octanol–water partition coefficient (Wildman–Crippen LogP) is 2.10. The maximum absolute atomic E-state index is 5.16. The highest BCUT2D eigenvalue weighted by molar-refractivity contribution is 5.28. The molecule has 0 saturated carbocycles. The maximum Gasteiger partial charge on any atom is 0.203 e. The minimum Gasteiger partial charge on any atom is -0.383 e. The number of nitrogens with one attached hydrogen (secondary N) is 1. The van der Waals surface area contributed by atoms with Crippen LogP contribution in [0.25, 0.3) is 0 Å². The number of hydrogen-bond acceptors (Lipinski definition) is 4. The molecule has 0 aliphatic carbocycles. The van der Waals surface area contributed by atoms with Crippen LogP contribution in [0.2, 0.25) is 0 Å². The summed E-state index contributed by atoms with van der Waals surface area (Å²) in [6.45, 7) is 3.48. The fourth-order valence-electron chi connectivity index (χ4n) is 1.81. The molecule has 96 valence electrons. The summed E-state index contributed by atoms with van der Waals surface area (Å²) < 4.78 is 7.23. The lowest BCUT2D eigenvalue weighted by molar-refractivity contribution is 0.163. The molecule has 2 rings (SSSR count). The zero-order chi connectivity index (χ0) is 12.8. The van der Waals surface area contributed by atoms with E-state index in [4.69, 9.17) is 4.74 Å². The molecule has 5 heteroatoms. The monoisotopic (exact) mass is 246 g/mol. The van der Waals surface area contributed by atoms with Crippen LogP contribution in [0.3, 0.4) is 0 Å². The predicted molar refractivity (Wildman–Crippen MR) is 70.4 cm³/mol. The summed E-state index contributed by atoms with van der Waals surface area (Å²) in [5.41, 5.74) is 1.13. The molecule has 0 bridgehead atoms. The van der Waals surface area contributed by atoms with E-state index in [2.05, 4.69) is 26.8 Å². The summed E-state index contributed by atoms with van der Waals surface area (Å²) in [5, 5.41) is 3.31. The molecule has 0 aliphatic heterocycles. The van der Waals surface area contributed by atoms with Crippen LogP contribution in [-0.2, 0) is 11.3 Å². The van der Waals surface area contributed by atoms with E-state index in [1.807, 2.05) is 24.5 Å². The highest BCUT2D eigenvalue weighted by Gasteiger charge is 2.09. The van der Waals surface area contributed by atoms with Crippen molar-refractivity contribution in [3.8, 4) is 0 Å². The van der Waals surface area contributed by atoms with E-state index in [-0.39, 0.29) is 6.04 Å². The molecule has 2 heterocycles. The Morgan fingerprint density at radius 1 is 1.44 bits per heavy atom. The molecule has 1 unspecified atom stereocenters. The first-order chi connectivity index (χ1) is 8.81. The van der Waals surface area contributed by atoms with Crippen molar-refractivity contribution < 1.29 is 4.74 Å². The quantitative estimate of drug-likeness (QED) is 0.848. The molecule has 0 spiro atoms. The summed E-state index contributed by atoms with van der Waals surface area (Å²) in [4.78, 5) is 8.39. The molecule has 0 fully saturated rings. The Kier molecular flexibility index (Phi) is 4.30. The van der Waals surface area contributed by atoms with Crippen molar-refractivity contribution in [2.24, 2.45) is 0 Å². The summed E-state index contributed by atoms with van der Waals surface area (Å²) in [7, 11) is 1.70. The summed E-state index contributed by atoms with van der Waals surface area (Å²) in [6, 6.07) is 4.22. The second kappa shape index (κ2) is 6.16. The minimum absolute atomic E-state index is 0.258. The number of imidazole rings is 1. The number of rotatable bonds is 6. The van der Waals surface area contributed by atoms with Gasteiger partial charge in [0.1, 0.15) is 0 Å². The molecule has 0 saturated heterocycles. The van der Waals surface area contributed by atoms with Crippen molar-refractivity contribution in [1.29, 1.82) is 0 Å². The number of ether oxygens (including phenoxy) is 1. The third-order valence-corrected chi connectivity index (χ3v) is 2.72.